The van der Waals surface area contributed by atoms with Gasteiger partial charge in [-0.2, -0.15) is 0 Å². The van der Waals surface area contributed by atoms with Crippen LogP contribution in [0.25, 0.3) is 0 Å². The molecule has 2 rings (SSSR count). The fourth-order valence-corrected chi connectivity index (χ4v) is 2.55. The van der Waals surface area contributed by atoms with Crippen molar-refractivity contribution in [3.05, 3.63) is 22.1 Å². The van der Waals surface area contributed by atoms with E-state index in [1.54, 1.807) is 14.2 Å². The van der Waals surface area contributed by atoms with Crippen molar-refractivity contribution in [2.24, 2.45) is 5.92 Å². The van der Waals surface area contributed by atoms with Gasteiger partial charge < -0.3 is 24.4 Å². The number of rotatable bonds is 5. The molecule has 2 saturated heterocycles. The third kappa shape index (κ3) is 3.38. The second-order valence-electron chi connectivity index (χ2n) is 5.08. The molecule has 2 aliphatic heterocycles. The maximum Gasteiger partial charge on any atom is 0.274 e. The molecule has 1 unspecified atom stereocenters. The fraction of sp³-hybridized carbons (Fsp3) is 0.833. The topological polar surface area (TPSA) is 86.1 Å². The largest absolute Gasteiger partial charge is 0.381 e. The Balaban J connectivity index is 2.11. The molecule has 0 spiro atoms. The first-order valence-electron chi connectivity index (χ1n) is 6.61. The highest BCUT2D eigenvalue weighted by Crippen LogP contribution is 2.24. The van der Waals surface area contributed by atoms with Crippen molar-refractivity contribution in [3.63, 3.8) is 0 Å². The summed E-state index contributed by atoms with van der Waals surface area (Å²) in [7, 11) is 3.15. The average molecular weight is 287 g/mol. The minimum atomic E-state index is -0.784. The number of nitro groups is 1. The molecular weight excluding hydrogens is 266 g/mol. The first kappa shape index (κ1) is 15.0. The number of methoxy groups -OCH3 is 2. The van der Waals surface area contributed by atoms with Gasteiger partial charge in [0, 0.05) is 33.3 Å². The zero-order valence-corrected chi connectivity index (χ0v) is 11.8. The molecule has 0 aliphatic carbocycles. The molecule has 0 amide bonds. The quantitative estimate of drug-likeness (QED) is 0.432. The summed E-state index contributed by atoms with van der Waals surface area (Å²) < 4.78 is 16.2. The Morgan fingerprint density at radius 2 is 2.35 bits per heavy atom. The number of hydrogen-bond donors (Lipinski definition) is 1. The highest BCUT2D eigenvalue weighted by molar-refractivity contribution is 5.03. The standard InChI is InChI=1S/C12H21N3O5/c1-18-12(19-2)8-13-11(6-15(16)17)14(9-12)5-10-3-4-20-7-10/h6,10,13H,3-5,7-9H2,1-2H3. The van der Waals surface area contributed by atoms with Gasteiger partial charge in [-0.05, 0) is 6.42 Å². The highest BCUT2D eigenvalue weighted by atomic mass is 16.7. The van der Waals surface area contributed by atoms with Crippen LogP contribution in [0.4, 0.5) is 0 Å². The molecule has 8 heteroatoms. The summed E-state index contributed by atoms with van der Waals surface area (Å²) in [5, 5.41) is 13.7. The molecule has 1 N–H and O–H groups in total. The average Bonchev–Trinajstić information content (AvgIpc) is 2.93. The van der Waals surface area contributed by atoms with Crippen molar-refractivity contribution in [3.8, 4) is 0 Å². The summed E-state index contributed by atoms with van der Waals surface area (Å²) in [5.41, 5.74) is 0. The van der Waals surface area contributed by atoms with Gasteiger partial charge in [-0.1, -0.05) is 0 Å². The third-order valence-corrected chi connectivity index (χ3v) is 3.79. The summed E-state index contributed by atoms with van der Waals surface area (Å²) >= 11 is 0. The fourth-order valence-electron chi connectivity index (χ4n) is 2.55. The van der Waals surface area contributed by atoms with E-state index in [9.17, 15) is 10.1 Å². The number of nitrogens with zero attached hydrogens (tertiary/aromatic N) is 2. The molecule has 20 heavy (non-hydrogen) atoms. The van der Waals surface area contributed by atoms with Gasteiger partial charge in [0.05, 0.1) is 24.6 Å². The lowest BCUT2D eigenvalue weighted by molar-refractivity contribution is -0.405. The molecule has 0 aromatic heterocycles. The smallest absolute Gasteiger partial charge is 0.274 e. The molecular formula is C12H21N3O5. The van der Waals surface area contributed by atoms with Crippen LogP contribution in [0.2, 0.25) is 0 Å². The zero-order chi connectivity index (χ0) is 14.6. The normalized spacial score (nSPS) is 27.6. The van der Waals surface area contributed by atoms with Gasteiger partial charge in [0.2, 0.25) is 5.79 Å². The lowest BCUT2D eigenvalue weighted by Crippen LogP contribution is -2.59. The van der Waals surface area contributed by atoms with E-state index in [1.165, 1.54) is 0 Å². The second-order valence-corrected chi connectivity index (χ2v) is 5.08. The maximum atomic E-state index is 10.7. The van der Waals surface area contributed by atoms with Crippen molar-refractivity contribution in [1.82, 2.24) is 10.2 Å². The molecule has 2 heterocycles. The van der Waals surface area contributed by atoms with Crippen LogP contribution in [0.5, 0.6) is 0 Å². The number of ether oxygens (including phenoxy) is 3. The zero-order valence-electron chi connectivity index (χ0n) is 11.8. The van der Waals surface area contributed by atoms with E-state index in [1.807, 2.05) is 4.90 Å². The first-order chi connectivity index (χ1) is 9.58. The second kappa shape index (κ2) is 6.38. The van der Waals surface area contributed by atoms with Crippen LogP contribution in [0.15, 0.2) is 12.0 Å². The summed E-state index contributed by atoms with van der Waals surface area (Å²) in [4.78, 5) is 12.2. The van der Waals surface area contributed by atoms with Crippen LogP contribution in [-0.2, 0) is 14.2 Å². The monoisotopic (exact) mass is 287 g/mol. The molecule has 0 aromatic rings. The van der Waals surface area contributed by atoms with Gasteiger partial charge in [-0.25, -0.2) is 0 Å². The molecule has 0 bridgehead atoms. The van der Waals surface area contributed by atoms with Crippen LogP contribution in [0.3, 0.4) is 0 Å². The molecule has 0 aromatic carbocycles. The van der Waals surface area contributed by atoms with Crippen LogP contribution < -0.4 is 5.32 Å². The van der Waals surface area contributed by atoms with Gasteiger partial charge >= 0.3 is 0 Å². The van der Waals surface area contributed by atoms with Gasteiger partial charge in [-0.3, -0.25) is 10.1 Å². The van der Waals surface area contributed by atoms with E-state index in [2.05, 4.69) is 5.32 Å². The summed E-state index contributed by atoms with van der Waals surface area (Å²) in [6, 6.07) is 0. The van der Waals surface area contributed by atoms with Crippen molar-refractivity contribution in [2.75, 3.05) is 47.1 Å². The van der Waals surface area contributed by atoms with E-state index in [0.717, 1.165) is 19.2 Å². The van der Waals surface area contributed by atoms with Crippen molar-refractivity contribution < 1.29 is 19.1 Å². The van der Waals surface area contributed by atoms with Gasteiger partial charge in [0.25, 0.3) is 6.20 Å². The molecule has 0 saturated carbocycles. The van der Waals surface area contributed by atoms with E-state index in [-0.39, 0.29) is 0 Å². The third-order valence-electron chi connectivity index (χ3n) is 3.79. The van der Waals surface area contributed by atoms with Crippen LogP contribution in [-0.4, -0.2) is 62.7 Å². The highest BCUT2D eigenvalue weighted by Gasteiger charge is 2.39. The molecule has 1 atom stereocenters. The van der Waals surface area contributed by atoms with E-state index in [0.29, 0.717) is 38.0 Å². The van der Waals surface area contributed by atoms with Gasteiger partial charge in [-0.15, -0.1) is 0 Å². The lowest BCUT2D eigenvalue weighted by atomic mass is 10.1. The Hall–Kier alpha value is -1.38. The summed E-state index contributed by atoms with van der Waals surface area (Å²) in [6.07, 6.45) is 1.96. The predicted octanol–water partition coefficient (Wildman–Crippen LogP) is -0.00720. The summed E-state index contributed by atoms with van der Waals surface area (Å²) in [5.74, 6) is 0.0796. The Morgan fingerprint density at radius 3 is 2.90 bits per heavy atom. The van der Waals surface area contributed by atoms with Crippen molar-refractivity contribution in [1.29, 1.82) is 0 Å². The molecule has 0 radical (unpaired) electrons. The SMILES string of the molecule is COC1(OC)CNC(=C[N+](=O)[O-])N(CC2CCOC2)C1. The van der Waals surface area contributed by atoms with E-state index >= 15 is 0 Å². The molecule has 2 aliphatic rings. The Kier molecular flexibility index (Phi) is 4.79. The van der Waals surface area contributed by atoms with Crippen LogP contribution in [0.1, 0.15) is 6.42 Å². The Morgan fingerprint density at radius 1 is 1.60 bits per heavy atom. The van der Waals surface area contributed by atoms with E-state index < -0.39 is 10.7 Å². The van der Waals surface area contributed by atoms with Crippen molar-refractivity contribution in [2.45, 2.75) is 12.2 Å². The maximum absolute atomic E-state index is 10.7. The minimum Gasteiger partial charge on any atom is -0.381 e. The van der Waals surface area contributed by atoms with Crippen LogP contribution in [0, 0.1) is 16.0 Å². The molecule has 2 fully saturated rings. The van der Waals surface area contributed by atoms with Crippen molar-refractivity contribution >= 4 is 0 Å². The van der Waals surface area contributed by atoms with E-state index in [4.69, 9.17) is 14.2 Å². The number of hydrogen-bond acceptors (Lipinski definition) is 7. The first-order valence-corrected chi connectivity index (χ1v) is 6.61. The predicted molar refractivity (Wildman–Crippen MR) is 70.3 cm³/mol. The molecule has 114 valence electrons. The summed E-state index contributed by atoms with van der Waals surface area (Å²) in [6.45, 7) is 2.94. The molecule has 8 nitrogen and oxygen atoms in total. The van der Waals surface area contributed by atoms with Gasteiger partial charge in [0.1, 0.15) is 0 Å². The van der Waals surface area contributed by atoms with Gasteiger partial charge in [0.15, 0.2) is 5.82 Å². The number of nitrogens with one attached hydrogen (secondary N) is 1. The Labute approximate surface area is 117 Å². The lowest BCUT2D eigenvalue weighted by Gasteiger charge is -2.43. The van der Waals surface area contributed by atoms with Crippen LogP contribution >= 0.6 is 0 Å². The minimum absolute atomic E-state index is 0.372. The Bertz CT molecular complexity index is 377.